The summed E-state index contributed by atoms with van der Waals surface area (Å²) in [6.45, 7) is 2.14. The van der Waals surface area contributed by atoms with Crippen molar-refractivity contribution in [1.29, 1.82) is 0 Å². The lowest BCUT2D eigenvalue weighted by Crippen LogP contribution is -2.24. The van der Waals surface area contributed by atoms with E-state index >= 15 is 0 Å². The Morgan fingerprint density at radius 1 is 1.15 bits per heavy atom. The molecule has 2 nitrogen and oxygen atoms in total. The van der Waals surface area contributed by atoms with E-state index in [1.54, 1.807) is 18.2 Å². The number of hydrogen-bond donors (Lipinski definition) is 1. The third-order valence-corrected chi connectivity index (χ3v) is 2.80. The van der Waals surface area contributed by atoms with Gasteiger partial charge < -0.3 is 5.32 Å². The van der Waals surface area contributed by atoms with Crippen LogP contribution >= 0.6 is 0 Å². The van der Waals surface area contributed by atoms with E-state index in [-0.39, 0.29) is 18.3 Å². The van der Waals surface area contributed by atoms with Gasteiger partial charge in [-0.05, 0) is 42.8 Å². The highest BCUT2D eigenvalue weighted by atomic mass is 19.1. The molecule has 1 amide bonds. The first-order chi connectivity index (χ1) is 9.66. The van der Waals surface area contributed by atoms with Gasteiger partial charge in [0.2, 0.25) is 0 Å². The third-order valence-electron chi connectivity index (χ3n) is 2.80. The fourth-order valence-corrected chi connectivity index (χ4v) is 1.73. The van der Waals surface area contributed by atoms with Gasteiger partial charge in [-0.1, -0.05) is 30.0 Å². The summed E-state index contributed by atoms with van der Waals surface area (Å²) in [5.41, 5.74) is 2.30. The number of rotatable bonds is 2. The topological polar surface area (TPSA) is 29.1 Å². The van der Waals surface area contributed by atoms with Gasteiger partial charge in [-0.3, -0.25) is 4.79 Å². The van der Waals surface area contributed by atoms with Crippen LogP contribution in [0, 0.1) is 24.6 Å². The van der Waals surface area contributed by atoms with Crippen molar-refractivity contribution < 1.29 is 9.18 Å². The standard InChI is InChI=1S/C17H14FNO/c1-13-5-2-3-7-16(13)17(20)19-12-4-6-14-8-10-15(18)11-9-14/h2-3,5,7-11H,12H2,1H3,(H,19,20). The quantitative estimate of drug-likeness (QED) is 0.833. The molecule has 0 aliphatic heterocycles. The van der Waals surface area contributed by atoms with E-state index in [1.807, 2.05) is 25.1 Å². The third kappa shape index (κ3) is 3.69. The zero-order valence-electron chi connectivity index (χ0n) is 11.1. The number of benzene rings is 2. The van der Waals surface area contributed by atoms with Crippen molar-refractivity contribution in [3.63, 3.8) is 0 Å². The first-order valence-corrected chi connectivity index (χ1v) is 6.25. The Balaban J connectivity index is 1.92. The Morgan fingerprint density at radius 2 is 1.85 bits per heavy atom. The first kappa shape index (κ1) is 13.8. The zero-order chi connectivity index (χ0) is 14.4. The number of hydrogen-bond acceptors (Lipinski definition) is 1. The molecule has 0 radical (unpaired) electrons. The average molecular weight is 267 g/mol. The maximum absolute atomic E-state index is 12.7. The summed E-state index contributed by atoms with van der Waals surface area (Å²) in [6.07, 6.45) is 0. The van der Waals surface area contributed by atoms with Crippen molar-refractivity contribution in [1.82, 2.24) is 5.32 Å². The number of carbonyl (C=O) groups is 1. The minimum atomic E-state index is -0.289. The Kier molecular flexibility index (Phi) is 4.52. The normalized spacial score (nSPS) is 9.50. The minimum Gasteiger partial charge on any atom is -0.341 e. The van der Waals surface area contributed by atoms with E-state index in [0.29, 0.717) is 5.56 Å². The van der Waals surface area contributed by atoms with Crippen molar-refractivity contribution in [3.05, 3.63) is 71.0 Å². The molecule has 0 bridgehead atoms. The predicted octanol–water partition coefficient (Wildman–Crippen LogP) is 2.92. The SMILES string of the molecule is Cc1ccccc1C(=O)NCC#Cc1ccc(F)cc1. The van der Waals surface area contributed by atoms with Crippen LogP contribution in [0.2, 0.25) is 0 Å². The van der Waals surface area contributed by atoms with Crippen LogP contribution in [0.15, 0.2) is 48.5 Å². The number of carbonyl (C=O) groups excluding carboxylic acids is 1. The molecule has 0 aliphatic carbocycles. The number of halogens is 1. The lowest BCUT2D eigenvalue weighted by molar-refractivity contribution is 0.0958. The van der Waals surface area contributed by atoms with Crippen LogP contribution in [0.3, 0.4) is 0 Å². The highest BCUT2D eigenvalue weighted by Gasteiger charge is 2.05. The Hall–Kier alpha value is -2.60. The van der Waals surface area contributed by atoms with Crippen molar-refractivity contribution in [2.45, 2.75) is 6.92 Å². The molecule has 0 unspecified atom stereocenters. The summed E-state index contributed by atoms with van der Waals surface area (Å²) in [7, 11) is 0. The van der Waals surface area contributed by atoms with Gasteiger partial charge in [0.15, 0.2) is 0 Å². The summed E-state index contributed by atoms with van der Waals surface area (Å²) < 4.78 is 12.7. The van der Waals surface area contributed by atoms with Gasteiger partial charge in [-0.2, -0.15) is 0 Å². The highest BCUT2D eigenvalue weighted by Crippen LogP contribution is 2.06. The molecular weight excluding hydrogens is 253 g/mol. The molecule has 3 heteroatoms. The molecule has 0 fully saturated rings. The van der Waals surface area contributed by atoms with Crippen LogP contribution in [0.1, 0.15) is 21.5 Å². The molecule has 0 aliphatic rings. The van der Waals surface area contributed by atoms with Crippen LogP contribution in [0.4, 0.5) is 4.39 Å². The number of amides is 1. The van der Waals surface area contributed by atoms with Gasteiger partial charge in [0, 0.05) is 11.1 Å². The Morgan fingerprint density at radius 3 is 2.55 bits per heavy atom. The van der Waals surface area contributed by atoms with E-state index in [4.69, 9.17) is 0 Å². The predicted molar refractivity (Wildman–Crippen MR) is 76.8 cm³/mol. The molecule has 0 saturated carbocycles. The summed E-state index contributed by atoms with van der Waals surface area (Å²) in [5.74, 6) is 5.27. The largest absolute Gasteiger partial charge is 0.341 e. The summed E-state index contributed by atoms with van der Waals surface area (Å²) in [4.78, 5) is 11.9. The molecule has 0 saturated heterocycles. The average Bonchev–Trinajstić information content (AvgIpc) is 2.46. The monoisotopic (exact) mass is 267 g/mol. The van der Waals surface area contributed by atoms with Gasteiger partial charge in [-0.15, -0.1) is 0 Å². The molecular formula is C17H14FNO. The molecule has 100 valence electrons. The second-order valence-electron chi connectivity index (χ2n) is 4.31. The summed E-state index contributed by atoms with van der Waals surface area (Å²) in [5, 5.41) is 2.73. The molecule has 2 aromatic rings. The molecule has 2 rings (SSSR count). The maximum atomic E-state index is 12.7. The molecule has 2 aromatic carbocycles. The lowest BCUT2D eigenvalue weighted by atomic mass is 10.1. The van der Waals surface area contributed by atoms with E-state index in [0.717, 1.165) is 11.1 Å². The van der Waals surface area contributed by atoms with Gasteiger partial charge in [-0.25, -0.2) is 4.39 Å². The van der Waals surface area contributed by atoms with E-state index in [2.05, 4.69) is 17.2 Å². The van der Waals surface area contributed by atoms with Crippen molar-refractivity contribution in [2.75, 3.05) is 6.54 Å². The zero-order valence-corrected chi connectivity index (χ0v) is 11.1. The minimum absolute atomic E-state index is 0.142. The van der Waals surface area contributed by atoms with Crippen LogP contribution < -0.4 is 5.32 Å². The van der Waals surface area contributed by atoms with Crippen molar-refractivity contribution in [2.24, 2.45) is 0 Å². The summed E-state index contributed by atoms with van der Waals surface area (Å²) >= 11 is 0. The fourth-order valence-electron chi connectivity index (χ4n) is 1.73. The Bertz CT molecular complexity index is 665. The molecule has 0 atom stereocenters. The fraction of sp³-hybridized carbons (Fsp3) is 0.118. The van der Waals surface area contributed by atoms with Crippen LogP contribution in [-0.2, 0) is 0 Å². The van der Waals surface area contributed by atoms with Gasteiger partial charge >= 0.3 is 0 Å². The first-order valence-electron chi connectivity index (χ1n) is 6.25. The molecule has 20 heavy (non-hydrogen) atoms. The van der Waals surface area contributed by atoms with Gasteiger partial charge in [0.05, 0.1) is 6.54 Å². The second kappa shape index (κ2) is 6.53. The molecule has 0 spiro atoms. The number of nitrogens with one attached hydrogen (secondary N) is 1. The van der Waals surface area contributed by atoms with Crippen LogP contribution in [0.25, 0.3) is 0 Å². The maximum Gasteiger partial charge on any atom is 0.252 e. The van der Waals surface area contributed by atoms with E-state index in [9.17, 15) is 9.18 Å². The second-order valence-corrected chi connectivity index (χ2v) is 4.31. The van der Waals surface area contributed by atoms with Crippen LogP contribution in [-0.4, -0.2) is 12.5 Å². The summed E-state index contributed by atoms with van der Waals surface area (Å²) in [6, 6.07) is 13.3. The van der Waals surface area contributed by atoms with Gasteiger partial charge in [0.1, 0.15) is 5.82 Å². The van der Waals surface area contributed by atoms with Crippen LogP contribution in [0.5, 0.6) is 0 Å². The molecule has 0 heterocycles. The van der Waals surface area contributed by atoms with Crippen molar-refractivity contribution >= 4 is 5.91 Å². The molecule has 1 N–H and O–H groups in total. The van der Waals surface area contributed by atoms with Crippen molar-refractivity contribution in [3.8, 4) is 11.8 Å². The highest BCUT2D eigenvalue weighted by molar-refractivity contribution is 5.95. The van der Waals surface area contributed by atoms with Gasteiger partial charge in [0.25, 0.3) is 5.91 Å². The molecule has 0 aromatic heterocycles. The van der Waals surface area contributed by atoms with E-state index < -0.39 is 0 Å². The van der Waals surface area contributed by atoms with E-state index in [1.165, 1.54) is 12.1 Å². The Labute approximate surface area is 117 Å². The number of aryl methyl sites for hydroxylation is 1. The lowest BCUT2D eigenvalue weighted by Gasteiger charge is -2.04. The smallest absolute Gasteiger partial charge is 0.252 e.